The summed E-state index contributed by atoms with van der Waals surface area (Å²) in [5.41, 5.74) is 1.15. The lowest BCUT2D eigenvalue weighted by Crippen LogP contribution is -2.35. The van der Waals surface area contributed by atoms with E-state index in [2.05, 4.69) is 22.0 Å². The van der Waals surface area contributed by atoms with Gasteiger partial charge in [-0.3, -0.25) is 0 Å². The van der Waals surface area contributed by atoms with Crippen LogP contribution in [0.2, 0.25) is 0 Å². The molecule has 1 rings (SSSR count). The monoisotopic (exact) mass is 292 g/mol. The van der Waals surface area contributed by atoms with Crippen LogP contribution in [0.4, 0.5) is 0 Å². The van der Waals surface area contributed by atoms with Crippen LogP contribution in [-0.2, 0) is 6.54 Å². The highest BCUT2D eigenvalue weighted by molar-refractivity contribution is 5.79. The van der Waals surface area contributed by atoms with Crippen molar-refractivity contribution < 1.29 is 4.74 Å². The number of nitrogens with zero attached hydrogens (tertiary/aromatic N) is 4. The highest BCUT2D eigenvalue weighted by Gasteiger charge is 2.04. The van der Waals surface area contributed by atoms with E-state index in [0.29, 0.717) is 13.2 Å². The maximum absolute atomic E-state index is 5.75. The molecule has 0 aliphatic rings. The van der Waals surface area contributed by atoms with Crippen molar-refractivity contribution in [2.45, 2.75) is 6.54 Å². The van der Waals surface area contributed by atoms with Gasteiger partial charge in [0.2, 0.25) is 0 Å². The topological polar surface area (TPSA) is 31.3 Å². The van der Waals surface area contributed by atoms with E-state index in [1.54, 1.807) is 0 Å². The van der Waals surface area contributed by atoms with E-state index in [-0.39, 0.29) is 0 Å². The average Bonchev–Trinajstić information content (AvgIpc) is 2.38. The summed E-state index contributed by atoms with van der Waals surface area (Å²) in [4.78, 5) is 10.8. The number of ether oxygens (including phenoxy) is 1. The predicted octanol–water partition coefficient (Wildman–Crippen LogP) is 1.61. The Kier molecular flexibility index (Phi) is 7.02. The molecule has 0 aliphatic heterocycles. The molecular weight excluding hydrogens is 264 g/mol. The van der Waals surface area contributed by atoms with Crippen molar-refractivity contribution in [2.24, 2.45) is 4.99 Å². The van der Waals surface area contributed by atoms with Gasteiger partial charge in [-0.15, -0.1) is 0 Å². The lowest BCUT2D eigenvalue weighted by atomic mass is 10.2. The summed E-state index contributed by atoms with van der Waals surface area (Å²) in [6, 6.07) is 8.13. The van der Waals surface area contributed by atoms with Crippen molar-refractivity contribution in [2.75, 3.05) is 55.4 Å². The minimum absolute atomic E-state index is 0.649. The molecule has 1 aromatic rings. The molecule has 0 bridgehead atoms. The van der Waals surface area contributed by atoms with Crippen LogP contribution in [-0.4, -0.2) is 76.1 Å². The number of hydrogen-bond acceptors (Lipinski definition) is 3. The maximum atomic E-state index is 5.75. The van der Waals surface area contributed by atoms with Crippen LogP contribution in [0.25, 0.3) is 0 Å². The molecule has 0 heterocycles. The highest BCUT2D eigenvalue weighted by atomic mass is 16.5. The first-order valence-electron chi connectivity index (χ1n) is 7.15. The molecule has 5 heteroatoms. The molecule has 0 saturated carbocycles. The van der Waals surface area contributed by atoms with Gasteiger partial charge in [0, 0.05) is 34.7 Å². The summed E-state index contributed by atoms with van der Waals surface area (Å²) < 4.78 is 5.75. The van der Waals surface area contributed by atoms with Crippen molar-refractivity contribution >= 4 is 5.96 Å². The van der Waals surface area contributed by atoms with Crippen molar-refractivity contribution in [3.05, 3.63) is 29.8 Å². The van der Waals surface area contributed by atoms with Gasteiger partial charge in [0.25, 0.3) is 0 Å². The lowest BCUT2D eigenvalue weighted by Gasteiger charge is -2.22. The van der Waals surface area contributed by atoms with Crippen LogP contribution in [0.15, 0.2) is 29.3 Å². The van der Waals surface area contributed by atoms with Crippen molar-refractivity contribution in [1.29, 1.82) is 0 Å². The molecule has 5 nitrogen and oxygen atoms in total. The molecule has 0 radical (unpaired) electrons. The Labute approximate surface area is 128 Å². The van der Waals surface area contributed by atoms with E-state index < -0.39 is 0 Å². The van der Waals surface area contributed by atoms with Gasteiger partial charge < -0.3 is 19.4 Å². The summed E-state index contributed by atoms with van der Waals surface area (Å²) in [7, 11) is 12.1. The van der Waals surface area contributed by atoms with Gasteiger partial charge in [-0.2, -0.15) is 0 Å². The van der Waals surface area contributed by atoms with Gasteiger partial charge in [-0.05, 0) is 31.8 Å². The van der Waals surface area contributed by atoms with Crippen LogP contribution < -0.4 is 4.74 Å². The zero-order valence-corrected chi connectivity index (χ0v) is 14.1. The molecule has 0 unspecified atom stereocenters. The number of hydrogen-bond donors (Lipinski definition) is 0. The lowest BCUT2D eigenvalue weighted by molar-refractivity contribution is 0.261. The third-order valence-electron chi connectivity index (χ3n) is 2.91. The third kappa shape index (κ3) is 6.49. The minimum atomic E-state index is 0.649. The Morgan fingerprint density at radius 3 is 2.29 bits per heavy atom. The van der Waals surface area contributed by atoms with E-state index in [1.165, 1.54) is 0 Å². The second kappa shape index (κ2) is 8.52. The summed E-state index contributed by atoms with van der Waals surface area (Å²) in [5.74, 6) is 1.86. The standard InChI is InChI=1S/C16H28N4O/c1-18(2)10-11-21-15-9-7-8-14(12-15)13-17-16(19(3)4)20(5)6/h7-9,12H,10-11,13H2,1-6H3. The number of aliphatic imine (C=N–C) groups is 1. The molecular formula is C16H28N4O. The molecule has 0 spiro atoms. The smallest absolute Gasteiger partial charge is 0.195 e. The fourth-order valence-corrected chi connectivity index (χ4v) is 1.92. The van der Waals surface area contributed by atoms with E-state index in [1.807, 2.05) is 64.2 Å². The van der Waals surface area contributed by atoms with Gasteiger partial charge in [-0.25, -0.2) is 4.99 Å². The van der Waals surface area contributed by atoms with Crippen molar-refractivity contribution in [1.82, 2.24) is 14.7 Å². The maximum Gasteiger partial charge on any atom is 0.195 e. The molecule has 1 aromatic carbocycles. The number of rotatable bonds is 6. The van der Waals surface area contributed by atoms with Gasteiger partial charge in [-0.1, -0.05) is 12.1 Å². The van der Waals surface area contributed by atoms with Gasteiger partial charge >= 0.3 is 0 Å². The molecule has 0 N–H and O–H groups in total. The molecule has 0 atom stereocenters. The molecule has 118 valence electrons. The van der Waals surface area contributed by atoms with Gasteiger partial charge in [0.05, 0.1) is 6.54 Å². The van der Waals surface area contributed by atoms with E-state index in [9.17, 15) is 0 Å². The Hall–Kier alpha value is -1.75. The first-order valence-corrected chi connectivity index (χ1v) is 7.15. The van der Waals surface area contributed by atoms with Crippen LogP contribution in [0.1, 0.15) is 5.56 Å². The molecule has 0 saturated heterocycles. The fourth-order valence-electron chi connectivity index (χ4n) is 1.92. The Morgan fingerprint density at radius 2 is 1.71 bits per heavy atom. The normalized spacial score (nSPS) is 10.4. The number of guanidine groups is 1. The van der Waals surface area contributed by atoms with Crippen LogP contribution in [0, 0.1) is 0 Å². The summed E-state index contributed by atoms with van der Waals surface area (Å²) >= 11 is 0. The molecule has 21 heavy (non-hydrogen) atoms. The molecule has 0 amide bonds. The number of benzene rings is 1. The predicted molar refractivity (Wildman–Crippen MR) is 89.0 cm³/mol. The van der Waals surface area contributed by atoms with E-state index in [0.717, 1.165) is 23.8 Å². The largest absolute Gasteiger partial charge is 0.492 e. The van der Waals surface area contributed by atoms with Crippen LogP contribution in [0.5, 0.6) is 5.75 Å². The van der Waals surface area contributed by atoms with Gasteiger partial charge in [0.15, 0.2) is 5.96 Å². The first kappa shape index (κ1) is 17.3. The quantitative estimate of drug-likeness (QED) is 0.589. The Balaban J connectivity index is 2.65. The van der Waals surface area contributed by atoms with Crippen molar-refractivity contribution in [3.8, 4) is 5.75 Å². The first-order chi connectivity index (χ1) is 9.90. The van der Waals surface area contributed by atoms with Gasteiger partial charge in [0.1, 0.15) is 12.4 Å². The average molecular weight is 292 g/mol. The second-order valence-electron chi connectivity index (χ2n) is 5.70. The Morgan fingerprint density at radius 1 is 1.05 bits per heavy atom. The zero-order valence-electron chi connectivity index (χ0n) is 14.1. The van der Waals surface area contributed by atoms with Crippen molar-refractivity contribution in [3.63, 3.8) is 0 Å². The van der Waals surface area contributed by atoms with E-state index >= 15 is 0 Å². The highest BCUT2D eigenvalue weighted by Crippen LogP contribution is 2.14. The summed E-state index contributed by atoms with van der Waals surface area (Å²) in [6.07, 6.45) is 0. The third-order valence-corrected chi connectivity index (χ3v) is 2.91. The fraction of sp³-hybridized carbons (Fsp3) is 0.562. The number of likely N-dealkylation sites (N-methyl/N-ethyl adjacent to an activating group) is 1. The summed E-state index contributed by atoms with van der Waals surface area (Å²) in [5, 5.41) is 0. The minimum Gasteiger partial charge on any atom is -0.492 e. The van der Waals surface area contributed by atoms with Crippen LogP contribution >= 0.6 is 0 Å². The second-order valence-corrected chi connectivity index (χ2v) is 5.70. The van der Waals surface area contributed by atoms with Crippen LogP contribution in [0.3, 0.4) is 0 Å². The molecule has 0 aliphatic carbocycles. The summed E-state index contributed by atoms with van der Waals surface area (Å²) in [6.45, 7) is 2.25. The SMILES string of the molecule is CN(C)CCOc1cccc(CN=C(N(C)C)N(C)C)c1. The zero-order chi connectivity index (χ0) is 15.8. The Bertz CT molecular complexity index is 445. The molecule has 0 fully saturated rings. The molecule has 0 aromatic heterocycles. The van der Waals surface area contributed by atoms with E-state index in [4.69, 9.17) is 4.74 Å².